The van der Waals surface area contributed by atoms with E-state index >= 15 is 0 Å². The molecule has 0 radical (unpaired) electrons. The fourth-order valence-electron chi connectivity index (χ4n) is 3.09. The summed E-state index contributed by atoms with van der Waals surface area (Å²) in [6.45, 7) is 1.68. The lowest BCUT2D eigenvalue weighted by Gasteiger charge is -2.20. The predicted molar refractivity (Wildman–Crippen MR) is 112 cm³/mol. The SMILES string of the molecule is C[C@H](Nc1nc(N)nc(N)c1Cl)c1nc2c(C#N)cc(F)cc2c(=O)n1-c1cc[nH]n1. The Morgan fingerprint density at radius 1 is 1.32 bits per heavy atom. The van der Waals surface area contributed by atoms with Crippen molar-refractivity contribution in [1.82, 2.24) is 29.7 Å². The summed E-state index contributed by atoms with van der Waals surface area (Å²) >= 11 is 6.17. The molecule has 0 bridgehead atoms. The van der Waals surface area contributed by atoms with Gasteiger partial charge in [0.25, 0.3) is 5.56 Å². The van der Waals surface area contributed by atoms with Crippen LogP contribution in [-0.4, -0.2) is 29.7 Å². The predicted octanol–water partition coefficient (Wildman–Crippen LogP) is 1.90. The lowest BCUT2D eigenvalue weighted by molar-refractivity contribution is 0.628. The molecular weight excluding hydrogens is 427 g/mol. The third-order valence-corrected chi connectivity index (χ3v) is 4.81. The van der Waals surface area contributed by atoms with Gasteiger partial charge in [0.15, 0.2) is 11.6 Å². The van der Waals surface area contributed by atoms with E-state index in [1.807, 2.05) is 6.07 Å². The summed E-state index contributed by atoms with van der Waals surface area (Å²) in [5, 5.41) is 19.0. The number of rotatable bonds is 4. The lowest BCUT2D eigenvalue weighted by Crippen LogP contribution is -2.28. The summed E-state index contributed by atoms with van der Waals surface area (Å²) in [6, 6.07) is 4.75. The topological polar surface area (TPSA) is 177 Å². The molecule has 1 atom stereocenters. The van der Waals surface area contributed by atoms with Gasteiger partial charge in [-0.15, -0.1) is 0 Å². The Kier molecular flexibility index (Phi) is 4.88. The van der Waals surface area contributed by atoms with Crippen molar-refractivity contribution < 1.29 is 4.39 Å². The van der Waals surface area contributed by atoms with E-state index in [1.54, 1.807) is 13.0 Å². The quantitative estimate of drug-likeness (QED) is 0.368. The van der Waals surface area contributed by atoms with Crippen LogP contribution in [0, 0.1) is 17.1 Å². The minimum Gasteiger partial charge on any atom is -0.382 e. The van der Waals surface area contributed by atoms with Crippen molar-refractivity contribution in [3.8, 4) is 11.9 Å². The Hall–Kier alpha value is -4.24. The van der Waals surface area contributed by atoms with Gasteiger partial charge >= 0.3 is 0 Å². The number of aromatic amines is 1. The van der Waals surface area contributed by atoms with Gasteiger partial charge in [-0.3, -0.25) is 9.89 Å². The van der Waals surface area contributed by atoms with Gasteiger partial charge in [-0.2, -0.15) is 20.3 Å². The third kappa shape index (κ3) is 3.47. The Morgan fingerprint density at radius 3 is 2.77 bits per heavy atom. The maximum Gasteiger partial charge on any atom is 0.267 e. The van der Waals surface area contributed by atoms with Crippen LogP contribution in [0.1, 0.15) is 24.4 Å². The van der Waals surface area contributed by atoms with Gasteiger partial charge < -0.3 is 16.8 Å². The minimum atomic E-state index is -0.728. The molecule has 13 heteroatoms. The van der Waals surface area contributed by atoms with Gasteiger partial charge in [-0.25, -0.2) is 13.9 Å². The van der Waals surface area contributed by atoms with Crippen LogP contribution in [0.25, 0.3) is 16.7 Å². The van der Waals surface area contributed by atoms with Crippen molar-refractivity contribution >= 4 is 40.1 Å². The van der Waals surface area contributed by atoms with Crippen LogP contribution >= 0.6 is 11.6 Å². The summed E-state index contributed by atoms with van der Waals surface area (Å²) in [6.07, 6.45) is 1.52. The highest BCUT2D eigenvalue weighted by Gasteiger charge is 2.22. The number of hydrogen-bond acceptors (Lipinski definition) is 9. The van der Waals surface area contributed by atoms with Crippen LogP contribution in [0.3, 0.4) is 0 Å². The molecule has 0 aliphatic heterocycles. The number of nitrogens with one attached hydrogen (secondary N) is 2. The van der Waals surface area contributed by atoms with Crippen molar-refractivity contribution in [3.05, 3.63) is 57.0 Å². The first-order chi connectivity index (χ1) is 14.8. The van der Waals surface area contributed by atoms with E-state index in [0.29, 0.717) is 0 Å². The molecule has 11 nitrogen and oxygen atoms in total. The van der Waals surface area contributed by atoms with Crippen molar-refractivity contribution in [2.75, 3.05) is 16.8 Å². The van der Waals surface area contributed by atoms with Crippen LogP contribution in [-0.2, 0) is 0 Å². The smallest absolute Gasteiger partial charge is 0.267 e. The Labute approximate surface area is 178 Å². The second-order valence-corrected chi connectivity index (χ2v) is 6.88. The molecule has 0 saturated heterocycles. The van der Waals surface area contributed by atoms with E-state index in [4.69, 9.17) is 23.1 Å². The van der Waals surface area contributed by atoms with E-state index in [2.05, 4.69) is 30.5 Å². The molecule has 0 saturated carbocycles. The van der Waals surface area contributed by atoms with Gasteiger partial charge in [0, 0.05) is 12.3 Å². The fourth-order valence-corrected chi connectivity index (χ4v) is 3.23. The highest BCUT2D eigenvalue weighted by Crippen LogP contribution is 2.29. The zero-order valence-corrected chi connectivity index (χ0v) is 16.6. The third-order valence-electron chi connectivity index (χ3n) is 4.43. The number of anilines is 3. The fraction of sp³-hybridized carbons (Fsp3) is 0.111. The maximum absolute atomic E-state index is 14.0. The Morgan fingerprint density at radius 2 is 2.10 bits per heavy atom. The van der Waals surface area contributed by atoms with Gasteiger partial charge in [0.2, 0.25) is 5.95 Å². The molecule has 3 aromatic heterocycles. The number of nitrogens with two attached hydrogens (primary N) is 2. The summed E-state index contributed by atoms with van der Waals surface area (Å²) in [7, 11) is 0. The highest BCUT2D eigenvalue weighted by atomic mass is 35.5. The van der Waals surface area contributed by atoms with E-state index in [0.717, 1.165) is 12.1 Å². The van der Waals surface area contributed by atoms with Gasteiger partial charge in [0.05, 0.1) is 22.5 Å². The summed E-state index contributed by atoms with van der Waals surface area (Å²) in [5.74, 6) is -0.341. The van der Waals surface area contributed by atoms with Crippen molar-refractivity contribution in [1.29, 1.82) is 5.26 Å². The molecule has 0 amide bonds. The average Bonchev–Trinajstić information content (AvgIpc) is 3.25. The molecule has 4 rings (SSSR count). The number of H-pyrrole nitrogens is 1. The number of hydrogen-bond donors (Lipinski definition) is 4. The number of halogens is 2. The summed E-state index contributed by atoms with van der Waals surface area (Å²) in [4.78, 5) is 25.6. The lowest BCUT2D eigenvalue weighted by atomic mass is 10.1. The number of nitrogen functional groups attached to an aromatic ring is 2. The van der Waals surface area contributed by atoms with Crippen LogP contribution in [0.4, 0.5) is 22.0 Å². The largest absolute Gasteiger partial charge is 0.382 e. The first-order valence-electron chi connectivity index (χ1n) is 8.81. The van der Waals surface area contributed by atoms with E-state index in [9.17, 15) is 14.4 Å². The van der Waals surface area contributed by atoms with Crippen molar-refractivity contribution in [3.63, 3.8) is 0 Å². The number of nitriles is 1. The maximum atomic E-state index is 14.0. The highest BCUT2D eigenvalue weighted by molar-refractivity contribution is 6.35. The van der Waals surface area contributed by atoms with Crippen LogP contribution < -0.4 is 22.3 Å². The normalized spacial score (nSPS) is 11.9. The summed E-state index contributed by atoms with van der Waals surface area (Å²) in [5.41, 5.74) is 10.7. The average molecular weight is 441 g/mol. The molecule has 6 N–H and O–H groups in total. The van der Waals surface area contributed by atoms with Crippen LogP contribution in [0.5, 0.6) is 0 Å². The molecule has 0 spiro atoms. The second-order valence-electron chi connectivity index (χ2n) is 6.50. The monoisotopic (exact) mass is 440 g/mol. The Bertz CT molecular complexity index is 1410. The number of benzene rings is 1. The molecule has 31 heavy (non-hydrogen) atoms. The van der Waals surface area contributed by atoms with E-state index < -0.39 is 17.4 Å². The van der Waals surface area contributed by atoms with Crippen LogP contribution in [0.2, 0.25) is 5.02 Å². The Balaban J connectivity index is 1.96. The van der Waals surface area contributed by atoms with Gasteiger partial charge in [-0.05, 0) is 19.1 Å². The van der Waals surface area contributed by atoms with E-state index in [-0.39, 0.29) is 50.7 Å². The first kappa shape index (κ1) is 20.0. The molecule has 156 valence electrons. The minimum absolute atomic E-state index is 0.0257. The van der Waals surface area contributed by atoms with Crippen molar-refractivity contribution in [2.45, 2.75) is 13.0 Å². The molecular formula is C18H14ClFN10O. The molecule has 1 aromatic carbocycles. The van der Waals surface area contributed by atoms with E-state index in [1.165, 1.54) is 10.8 Å². The first-order valence-corrected chi connectivity index (χ1v) is 9.19. The number of aromatic nitrogens is 6. The molecule has 4 aromatic rings. The molecule has 3 heterocycles. The van der Waals surface area contributed by atoms with Gasteiger partial charge in [0.1, 0.15) is 28.6 Å². The van der Waals surface area contributed by atoms with Gasteiger partial charge in [-0.1, -0.05) is 11.6 Å². The second kappa shape index (κ2) is 7.54. The molecule has 0 aliphatic rings. The summed E-state index contributed by atoms with van der Waals surface area (Å²) < 4.78 is 15.2. The zero-order valence-electron chi connectivity index (χ0n) is 15.9. The molecule has 0 fully saturated rings. The molecule has 0 unspecified atom stereocenters. The van der Waals surface area contributed by atoms with Crippen molar-refractivity contribution in [2.24, 2.45) is 0 Å². The molecule has 0 aliphatic carbocycles. The zero-order chi connectivity index (χ0) is 22.3. The number of nitrogens with zero attached hydrogens (tertiary/aromatic N) is 6. The van der Waals surface area contributed by atoms with Crippen LogP contribution in [0.15, 0.2) is 29.2 Å². The number of fused-ring (bicyclic) bond motifs is 1. The standard InChI is InChI=1S/C18H14ClFN10O/c1-7(25-15-12(19)14(22)27-18(23)28-15)16-26-13-8(6-21)4-9(20)5-10(13)17(31)30(16)11-2-3-24-29-11/h2-5,7H,1H3,(H,24,29)(H5,22,23,25,27,28)/t7-/m0/s1.